The number of amides is 1. The van der Waals surface area contributed by atoms with Crippen molar-refractivity contribution in [3.63, 3.8) is 0 Å². The van der Waals surface area contributed by atoms with Crippen molar-refractivity contribution < 1.29 is 30.8 Å². The van der Waals surface area contributed by atoms with Crippen molar-refractivity contribution in [2.24, 2.45) is 5.92 Å². The van der Waals surface area contributed by atoms with Crippen molar-refractivity contribution in [1.29, 1.82) is 0 Å². The quantitative estimate of drug-likeness (QED) is 0.695. The molecule has 30 heavy (non-hydrogen) atoms. The number of benzene rings is 1. The lowest BCUT2D eigenvalue weighted by molar-refractivity contribution is -0.137. The Balaban J connectivity index is 1.48. The number of likely N-dealkylation sites (tertiary alicyclic amines) is 1. The van der Waals surface area contributed by atoms with Gasteiger partial charge in [0.2, 0.25) is 15.9 Å². The Morgan fingerprint density at radius 3 is 2.40 bits per heavy atom. The van der Waals surface area contributed by atoms with Crippen LogP contribution < -0.4 is 4.72 Å². The van der Waals surface area contributed by atoms with Crippen LogP contribution in [0.2, 0.25) is 0 Å². The molecule has 2 aromatic rings. The minimum atomic E-state index is -4.52. The third-order valence-electron chi connectivity index (χ3n) is 4.91. The van der Waals surface area contributed by atoms with Gasteiger partial charge < -0.3 is 9.32 Å². The Hall–Kier alpha value is -2.59. The van der Waals surface area contributed by atoms with E-state index in [1.54, 1.807) is 23.1 Å². The van der Waals surface area contributed by atoms with Gasteiger partial charge in [-0.1, -0.05) is 0 Å². The number of hydrogen-bond acceptors (Lipinski definition) is 4. The van der Waals surface area contributed by atoms with E-state index in [1.807, 2.05) is 0 Å². The van der Waals surface area contributed by atoms with E-state index in [4.69, 9.17) is 4.42 Å². The third-order valence-corrected chi connectivity index (χ3v) is 6.35. The second-order valence-corrected chi connectivity index (χ2v) is 8.76. The van der Waals surface area contributed by atoms with E-state index < -0.39 is 21.8 Å². The third kappa shape index (κ3) is 5.73. The molecule has 0 unspecified atom stereocenters. The highest BCUT2D eigenvalue weighted by atomic mass is 32.2. The van der Waals surface area contributed by atoms with Gasteiger partial charge in [-0.3, -0.25) is 4.79 Å². The maximum Gasteiger partial charge on any atom is 0.416 e. The van der Waals surface area contributed by atoms with Crippen LogP contribution in [0.5, 0.6) is 0 Å². The summed E-state index contributed by atoms with van der Waals surface area (Å²) in [5.74, 6) is 0.471. The summed E-state index contributed by atoms with van der Waals surface area (Å²) in [6.07, 6.45) is 1.26. The van der Waals surface area contributed by atoms with Crippen molar-refractivity contribution in [3.05, 3.63) is 60.1 Å². The van der Waals surface area contributed by atoms with Gasteiger partial charge in [0.25, 0.3) is 0 Å². The summed E-state index contributed by atoms with van der Waals surface area (Å²) >= 11 is 0. The van der Waals surface area contributed by atoms with Crippen LogP contribution in [-0.2, 0) is 21.0 Å². The number of alkyl halides is 3. The van der Waals surface area contributed by atoms with Crippen LogP contribution in [0.3, 0.4) is 0 Å². The average molecular weight is 442 g/mol. The van der Waals surface area contributed by atoms with Gasteiger partial charge in [-0.25, -0.2) is 13.1 Å². The number of halogens is 3. The summed E-state index contributed by atoms with van der Waals surface area (Å²) < 4.78 is 70.1. The highest BCUT2D eigenvalue weighted by Gasteiger charge is 2.31. The molecule has 1 aromatic carbocycles. The predicted octanol–water partition coefficient (Wildman–Crippen LogP) is 3.53. The number of nitrogens with zero attached hydrogens (tertiary/aromatic N) is 1. The van der Waals surface area contributed by atoms with E-state index >= 15 is 0 Å². The van der Waals surface area contributed by atoms with E-state index in [0.717, 1.165) is 24.3 Å². The van der Waals surface area contributed by atoms with E-state index in [-0.39, 0.29) is 23.3 Å². The van der Waals surface area contributed by atoms with Crippen LogP contribution in [0.25, 0.3) is 6.08 Å². The number of carbonyl (C=O) groups is 1. The van der Waals surface area contributed by atoms with E-state index in [2.05, 4.69) is 4.72 Å². The largest absolute Gasteiger partial charge is 0.465 e. The molecule has 0 bridgehead atoms. The molecule has 2 heterocycles. The second-order valence-electron chi connectivity index (χ2n) is 6.99. The van der Waals surface area contributed by atoms with Gasteiger partial charge in [-0.05, 0) is 61.2 Å². The SMILES string of the molecule is O=C(/C=C/c1ccco1)N1CCC(CNS(=O)(=O)c2ccc(C(F)(F)F)cc2)CC1. The first-order valence-corrected chi connectivity index (χ1v) is 10.8. The summed E-state index contributed by atoms with van der Waals surface area (Å²) in [4.78, 5) is 13.7. The highest BCUT2D eigenvalue weighted by molar-refractivity contribution is 7.89. The zero-order valence-electron chi connectivity index (χ0n) is 15.9. The fraction of sp³-hybridized carbons (Fsp3) is 0.350. The number of furan rings is 1. The van der Waals surface area contributed by atoms with Crippen molar-refractivity contribution in [3.8, 4) is 0 Å². The van der Waals surface area contributed by atoms with Crippen molar-refractivity contribution in [2.75, 3.05) is 19.6 Å². The van der Waals surface area contributed by atoms with Crippen LogP contribution in [0.4, 0.5) is 13.2 Å². The van der Waals surface area contributed by atoms with Gasteiger partial charge >= 0.3 is 6.18 Å². The molecule has 1 saturated heterocycles. The molecule has 1 N–H and O–H groups in total. The Kier molecular flexibility index (Phi) is 6.67. The standard InChI is InChI=1S/C20H21F3N2O4S/c21-20(22,23)16-3-6-18(7-4-16)30(27,28)24-14-15-9-11-25(12-10-15)19(26)8-5-17-2-1-13-29-17/h1-8,13,15,24H,9-12,14H2/b8-5+. The number of nitrogens with one attached hydrogen (secondary N) is 1. The molecular weight excluding hydrogens is 421 g/mol. The molecule has 10 heteroatoms. The predicted molar refractivity (Wildman–Crippen MR) is 104 cm³/mol. The normalized spacial score (nSPS) is 16.3. The number of piperidine rings is 1. The van der Waals surface area contributed by atoms with Crippen LogP contribution in [0.1, 0.15) is 24.2 Å². The maximum absolute atomic E-state index is 12.6. The monoisotopic (exact) mass is 442 g/mol. The van der Waals surface area contributed by atoms with Crippen LogP contribution in [-0.4, -0.2) is 38.9 Å². The lowest BCUT2D eigenvalue weighted by Gasteiger charge is -2.31. The van der Waals surface area contributed by atoms with Gasteiger partial charge in [0.15, 0.2) is 0 Å². The molecule has 0 radical (unpaired) electrons. The van der Waals surface area contributed by atoms with E-state index in [0.29, 0.717) is 31.7 Å². The minimum absolute atomic E-state index is 0.0346. The van der Waals surface area contributed by atoms with Crippen molar-refractivity contribution in [2.45, 2.75) is 23.9 Å². The maximum atomic E-state index is 12.6. The first kappa shape index (κ1) is 22.1. The Labute approximate surface area is 172 Å². The molecule has 162 valence electrons. The van der Waals surface area contributed by atoms with Gasteiger partial charge in [0.05, 0.1) is 16.7 Å². The molecule has 0 atom stereocenters. The van der Waals surface area contributed by atoms with Crippen LogP contribution >= 0.6 is 0 Å². The minimum Gasteiger partial charge on any atom is -0.465 e. The number of hydrogen-bond donors (Lipinski definition) is 1. The van der Waals surface area contributed by atoms with E-state index in [1.165, 1.54) is 12.3 Å². The van der Waals surface area contributed by atoms with Crippen LogP contribution in [0.15, 0.2) is 58.1 Å². The second kappa shape index (κ2) is 9.05. The van der Waals surface area contributed by atoms with Gasteiger partial charge in [-0.2, -0.15) is 13.2 Å². The Morgan fingerprint density at radius 2 is 1.83 bits per heavy atom. The molecule has 1 aliphatic rings. The molecule has 0 aliphatic carbocycles. The molecule has 3 rings (SSSR count). The lowest BCUT2D eigenvalue weighted by Crippen LogP contribution is -2.40. The smallest absolute Gasteiger partial charge is 0.416 e. The molecule has 0 spiro atoms. The molecule has 1 aromatic heterocycles. The molecule has 0 saturated carbocycles. The fourth-order valence-corrected chi connectivity index (χ4v) is 4.25. The summed E-state index contributed by atoms with van der Waals surface area (Å²) in [6.45, 7) is 1.15. The summed E-state index contributed by atoms with van der Waals surface area (Å²) in [5, 5.41) is 0. The molecule has 1 amide bonds. The molecule has 6 nitrogen and oxygen atoms in total. The first-order chi connectivity index (χ1) is 14.1. The van der Waals surface area contributed by atoms with Crippen molar-refractivity contribution >= 4 is 22.0 Å². The average Bonchev–Trinajstić information content (AvgIpc) is 3.24. The number of rotatable bonds is 6. The van der Waals surface area contributed by atoms with Gasteiger partial charge in [-0.15, -0.1) is 0 Å². The van der Waals surface area contributed by atoms with Gasteiger partial charge in [0.1, 0.15) is 5.76 Å². The van der Waals surface area contributed by atoms with Gasteiger partial charge in [0, 0.05) is 25.7 Å². The summed E-state index contributed by atoms with van der Waals surface area (Å²) in [6, 6.07) is 6.83. The summed E-state index contributed by atoms with van der Waals surface area (Å²) in [7, 11) is -3.90. The van der Waals surface area contributed by atoms with E-state index in [9.17, 15) is 26.4 Å². The zero-order valence-corrected chi connectivity index (χ0v) is 16.7. The Bertz CT molecular complexity index is 976. The fourth-order valence-electron chi connectivity index (χ4n) is 3.14. The van der Waals surface area contributed by atoms with Crippen molar-refractivity contribution in [1.82, 2.24) is 9.62 Å². The highest BCUT2D eigenvalue weighted by Crippen LogP contribution is 2.29. The van der Waals surface area contributed by atoms with Crippen LogP contribution in [0, 0.1) is 5.92 Å². The summed E-state index contributed by atoms with van der Waals surface area (Å²) in [5.41, 5.74) is -0.903. The Morgan fingerprint density at radius 1 is 1.17 bits per heavy atom. The number of carbonyl (C=O) groups excluding carboxylic acids is 1. The zero-order chi connectivity index (χ0) is 21.8. The topological polar surface area (TPSA) is 79.6 Å². The first-order valence-electron chi connectivity index (χ1n) is 9.32. The molecule has 1 fully saturated rings. The molecule has 1 aliphatic heterocycles. The molecular formula is C20H21F3N2O4S. The number of sulfonamides is 1. The lowest BCUT2D eigenvalue weighted by atomic mass is 9.97.